The lowest BCUT2D eigenvalue weighted by Crippen LogP contribution is -2.20. The number of imidazole rings is 1. The quantitative estimate of drug-likeness (QED) is 0.159. The van der Waals surface area contributed by atoms with Crippen LogP contribution in [0.1, 0.15) is 47.7 Å². The van der Waals surface area contributed by atoms with Gasteiger partial charge in [0.1, 0.15) is 0 Å². The van der Waals surface area contributed by atoms with Gasteiger partial charge in [-0.1, -0.05) is 67.9 Å². The van der Waals surface area contributed by atoms with E-state index in [0.29, 0.717) is 6.54 Å². The van der Waals surface area contributed by atoms with E-state index in [0.717, 1.165) is 47.3 Å². The minimum absolute atomic E-state index is 0.0949. The predicted octanol–water partition coefficient (Wildman–Crippen LogP) is 4.51. The molecule has 5 N–H and O–H groups in total. The smallest absolute Gasteiger partial charge is 0.326 e. The summed E-state index contributed by atoms with van der Waals surface area (Å²) in [5.41, 5.74) is 12.9. The van der Waals surface area contributed by atoms with Crippen molar-refractivity contribution in [2.45, 2.75) is 46.6 Å². The highest BCUT2D eigenvalue weighted by Gasteiger charge is 2.11. The van der Waals surface area contributed by atoms with Gasteiger partial charge in [0.15, 0.2) is 5.84 Å². The molecule has 0 unspecified atom stereocenters. The second-order valence-electron chi connectivity index (χ2n) is 8.47. The minimum Gasteiger partial charge on any atom is -0.382 e. The maximum Gasteiger partial charge on any atom is 0.326 e. The number of aromatic amines is 1. The zero-order valence-corrected chi connectivity index (χ0v) is 20.7. The molecule has 7 heteroatoms. The van der Waals surface area contributed by atoms with Gasteiger partial charge in [-0.2, -0.15) is 5.10 Å². The Morgan fingerprint density at radius 3 is 2.31 bits per heavy atom. The van der Waals surface area contributed by atoms with Crippen molar-refractivity contribution in [3.8, 4) is 11.3 Å². The fourth-order valence-corrected chi connectivity index (χ4v) is 3.69. The van der Waals surface area contributed by atoms with Crippen LogP contribution in [-0.4, -0.2) is 20.4 Å². The Hall–Kier alpha value is -4.13. The summed E-state index contributed by atoms with van der Waals surface area (Å²) in [7, 11) is 0. The molecule has 0 saturated carbocycles. The van der Waals surface area contributed by atoms with Gasteiger partial charge in [-0.05, 0) is 49.4 Å². The third kappa shape index (κ3) is 6.69. The number of rotatable bonds is 7. The number of unbranched alkanes of at least 4 members (excludes halogenated alkanes) is 1. The van der Waals surface area contributed by atoms with Gasteiger partial charge in [-0.15, -0.1) is 0 Å². The lowest BCUT2D eigenvalue weighted by atomic mass is 10.0. The van der Waals surface area contributed by atoms with E-state index < -0.39 is 0 Å². The Morgan fingerprint density at radius 1 is 1.03 bits per heavy atom. The molecule has 182 valence electrons. The molecule has 7 nitrogen and oxygen atoms in total. The Morgan fingerprint density at radius 2 is 1.71 bits per heavy atom. The van der Waals surface area contributed by atoms with Gasteiger partial charge in [0.25, 0.3) is 0 Å². The van der Waals surface area contributed by atoms with Gasteiger partial charge >= 0.3 is 5.69 Å². The molecule has 0 atom stereocenters. The molecule has 0 aliphatic heterocycles. The largest absolute Gasteiger partial charge is 0.382 e. The van der Waals surface area contributed by atoms with Gasteiger partial charge in [-0.25, -0.2) is 4.79 Å². The van der Waals surface area contributed by atoms with Gasteiger partial charge in [0.05, 0.1) is 12.2 Å². The lowest BCUT2D eigenvalue weighted by molar-refractivity contribution is 0.677. The van der Waals surface area contributed by atoms with E-state index in [2.05, 4.69) is 60.1 Å². The molecule has 4 rings (SSSR count). The summed E-state index contributed by atoms with van der Waals surface area (Å²) in [4.78, 5) is 19.4. The fourth-order valence-electron chi connectivity index (χ4n) is 3.69. The van der Waals surface area contributed by atoms with Crippen molar-refractivity contribution in [1.82, 2.24) is 14.5 Å². The van der Waals surface area contributed by atoms with Gasteiger partial charge in [0, 0.05) is 29.2 Å². The van der Waals surface area contributed by atoms with Gasteiger partial charge in [0.2, 0.25) is 0 Å². The first-order chi connectivity index (χ1) is 16.9. The van der Waals surface area contributed by atoms with Crippen LogP contribution in [0.3, 0.4) is 0 Å². The van der Waals surface area contributed by atoms with Crippen LogP contribution in [0.4, 0.5) is 0 Å². The van der Waals surface area contributed by atoms with Gasteiger partial charge in [-0.3, -0.25) is 9.55 Å². The van der Waals surface area contributed by atoms with Crippen molar-refractivity contribution in [2.75, 3.05) is 0 Å². The van der Waals surface area contributed by atoms with E-state index in [1.165, 1.54) is 11.1 Å². The van der Waals surface area contributed by atoms with Crippen molar-refractivity contribution >= 4 is 5.84 Å². The van der Waals surface area contributed by atoms with E-state index in [1.54, 1.807) is 17.0 Å². The summed E-state index contributed by atoms with van der Waals surface area (Å²) in [5, 5.41) is 3.58. The second kappa shape index (κ2) is 12.4. The number of amidine groups is 1. The molecule has 0 aliphatic rings. The molecule has 0 bridgehead atoms. The predicted molar refractivity (Wildman–Crippen MR) is 143 cm³/mol. The minimum atomic E-state index is -0.0949. The Bertz CT molecular complexity index is 1300. The van der Waals surface area contributed by atoms with Crippen LogP contribution < -0.4 is 17.3 Å². The normalized spacial score (nSPS) is 11.1. The summed E-state index contributed by atoms with van der Waals surface area (Å²) < 4.78 is 1.76. The zero-order chi connectivity index (χ0) is 25.2. The van der Waals surface area contributed by atoms with Crippen molar-refractivity contribution in [1.29, 1.82) is 0 Å². The van der Waals surface area contributed by atoms with Crippen LogP contribution in [0, 0.1) is 13.8 Å². The van der Waals surface area contributed by atoms with Crippen LogP contribution in [0.5, 0.6) is 0 Å². The van der Waals surface area contributed by atoms with E-state index in [-0.39, 0.29) is 11.5 Å². The number of benzene rings is 2. The van der Waals surface area contributed by atoms with Crippen molar-refractivity contribution < 1.29 is 0 Å². The molecule has 2 heterocycles. The number of nitrogens with one attached hydrogen (secondary N) is 1. The molecule has 2 aromatic heterocycles. The molecule has 2 aromatic carbocycles. The number of H-pyrrole nitrogens is 1. The summed E-state index contributed by atoms with van der Waals surface area (Å²) in [6.07, 6.45) is 6.60. The number of aromatic nitrogens is 3. The van der Waals surface area contributed by atoms with Crippen molar-refractivity contribution in [3.05, 3.63) is 111 Å². The average Bonchev–Trinajstić information content (AvgIpc) is 3.23. The van der Waals surface area contributed by atoms with Crippen molar-refractivity contribution in [3.63, 3.8) is 0 Å². The topological polar surface area (TPSA) is 115 Å². The standard InChI is InChI=1S/C20H24N6O.C8H10/c1-2-3-6-15-12-24-20(27)26(15)13-14-9-10-18(23-11-14)16-7-4-5-8-17(16)19(21)25-22;1-7-5-3-4-6-8(7)2/h4-5,7-12H,2-3,6,13,22H2,1H3,(H2,21,25)(H,24,27);3-6H,1-2H3. The highest BCUT2D eigenvalue weighted by atomic mass is 16.1. The molecule has 0 radical (unpaired) electrons. The van der Waals surface area contributed by atoms with Crippen molar-refractivity contribution in [2.24, 2.45) is 16.7 Å². The lowest BCUT2D eigenvalue weighted by Gasteiger charge is -2.10. The van der Waals surface area contributed by atoms with E-state index in [4.69, 9.17) is 11.6 Å². The molecular weight excluding hydrogens is 436 g/mol. The van der Waals surface area contributed by atoms with Gasteiger partial charge < -0.3 is 16.6 Å². The Balaban J connectivity index is 0.000000363. The number of nitrogens with zero attached hydrogens (tertiary/aromatic N) is 3. The number of hydrogen-bond donors (Lipinski definition) is 3. The van der Waals surface area contributed by atoms with Crippen LogP contribution >= 0.6 is 0 Å². The number of pyridine rings is 1. The number of aryl methyl sites for hydroxylation is 3. The number of hydrogen-bond acceptors (Lipinski definition) is 4. The summed E-state index contributed by atoms with van der Waals surface area (Å²) >= 11 is 0. The van der Waals surface area contributed by atoms with Crippen LogP contribution in [-0.2, 0) is 13.0 Å². The molecule has 0 amide bonds. The summed E-state index contributed by atoms with van der Waals surface area (Å²) in [5.74, 6) is 5.58. The maximum atomic E-state index is 12.1. The molecule has 0 spiro atoms. The van der Waals surface area contributed by atoms with E-state index in [1.807, 2.05) is 36.4 Å². The molecule has 0 saturated heterocycles. The molecule has 35 heavy (non-hydrogen) atoms. The third-order valence-corrected chi connectivity index (χ3v) is 5.95. The Labute approximate surface area is 206 Å². The highest BCUT2D eigenvalue weighted by molar-refractivity contribution is 6.02. The zero-order valence-electron chi connectivity index (χ0n) is 20.7. The second-order valence-corrected chi connectivity index (χ2v) is 8.47. The summed E-state index contributed by atoms with van der Waals surface area (Å²) in [6, 6.07) is 19.8. The summed E-state index contributed by atoms with van der Waals surface area (Å²) in [6.45, 7) is 6.87. The fraction of sp³-hybridized carbons (Fsp3) is 0.250. The first-order valence-corrected chi connectivity index (χ1v) is 11.8. The van der Waals surface area contributed by atoms with E-state index in [9.17, 15) is 4.79 Å². The number of nitrogens with two attached hydrogens (primary N) is 2. The third-order valence-electron chi connectivity index (χ3n) is 5.95. The van der Waals surface area contributed by atoms with Crippen LogP contribution in [0.25, 0.3) is 11.3 Å². The number of hydrazone groups is 1. The van der Waals surface area contributed by atoms with Crippen LogP contribution in [0.15, 0.2) is 83.0 Å². The van der Waals surface area contributed by atoms with Crippen LogP contribution in [0.2, 0.25) is 0 Å². The molecule has 4 aromatic rings. The SMILES string of the molecule is CCCCc1c[nH]c(=O)n1Cc1ccc(-c2ccccc2/C(N)=N/N)nc1.Cc1ccccc1C. The average molecular weight is 471 g/mol. The first kappa shape index (κ1) is 25.5. The Kier molecular flexibility index (Phi) is 9.01. The molecule has 0 aliphatic carbocycles. The highest BCUT2D eigenvalue weighted by Crippen LogP contribution is 2.22. The first-order valence-electron chi connectivity index (χ1n) is 11.8. The monoisotopic (exact) mass is 470 g/mol. The molecular formula is C28H34N6O. The molecule has 0 fully saturated rings. The van der Waals surface area contributed by atoms with E-state index >= 15 is 0 Å². The maximum absolute atomic E-state index is 12.1.